The summed E-state index contributed by atoms with van der Waals surface area (Å²) in [6.07, 6.45) is 3.34. The third-order valence-electron chi connectivity index (χ3n) is 2.70. The smallest absolute Gasteiger partial charge is 0.0860 e. The molecule has 2 atom stereocenters. The lowest BCUT2D eigenvalue weighted by molar-refractivity contribution is 0.546. The van der Waals surface area contributed by atoms with Crippen molar-refractivity contribution in [3.05, 3.63) is 11.9 Å². The van der Waals surface area contributed by atoms with Gasteiger partial charge in [-0.25, -0.2) is 0 Å². The van der Waals surface area contributed by atoms with Gasteiger partial charge in [-0.05, 0) is 18.3 Å². The van der Waals surface area contributed by atoms with Gasteiger partial charge in [-0.3, -0.25) is 4.68 Å². The molecule has 1 aromatic heterocycles. The number of hydrogen-bond acceptors (Lipinski definition) is 2. The highest BCUT2D eigenvalue weighted by Gasteiger charge is 2.41. The van der Waals surface area contributed by atoms with Crippen LogP contribution in [0.25, 0.3) is 0 Å². The van der Waals surface area contributed by atoms with Gasteiger partial charge in [0, 0.05) is 19.2 Å². The molecular formula is C9H15N3. The molecule has 0 radical (unpaired) electrons. The first-order chi connectivity index (χ1) is 5.68. The van der Waals surface area contributed by atoms with Crippen LogP contribution in [0.2, 0.25) is 0 Å². The minimum absolute atomic E-state index is 0.693. The molecule has 0 spiro atoms. The van der Waals surface area contributed by atoms with Crippen molar-refractivity contribution < 1.29 is 0 Å². The molecule has 1 fully saturated rings. The van der Waals surface area contributed by atoms with E-state index >= 15 is 0 Å². The molecule has 2 unspecified atom stereocenters. The lowest BCUT2D eigenvalue weighted by Gasteiger charge is -1.99. The van der Waals surface area contributed by atoms with Gasteiger partial charge in [0.15, 0.2) is 0 Å². The number of aryl methyl sites for hydroxylation is 1. The van der Waals surface area contributed by atoms with Gasteiger partial charge in [-0.1, -0.05) is 19.1 Å². The van der Waals surface area contributed by atoms with E-state index in [1.165, 1.54) is 12.1 Å². The van der Waals surface area contributed by atoms with Gasteiger partial charge in [-0.2, -0.15) is 0 Å². The Morgan fingerprint density at radius 2 is 2.33 bits per heavy atom. The van der Waals surface area contributed by atoms with Crippen molar-refractivity contribution in [2.24, 2.45) is 18.9 Å². The lowest BCUT2D eigenvalue weighted by atomic mass is 10.1. The second-order valence-corrected chi connectivity index (χ2v) is 4.07. The zero-order valence-corrected chi connectivity index (χ0v) is 7.86. The van der Waals surface area contributed by atoms with Crippen LogP contribution in [-0.4, -0.2) is 15.0 Å². The van der Waals surface area contributed by atoms with Crippen LogP contribution >= 0.6 is 0 Å². The quantitative estimate of drug-likeness (QED) is 0.666. The first-order valence-corrected chi connectivity index (χ1v) is 4.54. The SMILES string of the molecule is CC(C)C1CC1c1cn(C)nn1. The van der Waals surface area contributed by atoms with Crippen molar-refractivity contribution in [3.63, 3.8) is 0 Å². The van der Waals surface area contributed by atoms with E-state index in [-0.39, 0.29) is 0 Å². The summed E-state index contributed by atoms with van der Waals surface area (Å²) in [5.41, 5.74) is 1.18. The van der Waals surface area contributed by atoms with Crippen molar-refractivity contribution in [2.75, 3.05) is 0 Å². The van der Waals surface area contributed by atoms with E-state index < -0.39 is 0 Å². The minimum atomic E-state index is 0.693. The van der Waals surface area contributed by atoms with Crippen LogP contribution in [0.4, 0.5) is 0 Å². The number of nitrogens with zero attached hydrogens (tertiary/aromatic N) is 3. The van der Waals surface area contributed by atoms with E-state index in [2.05, 4.69) is 24.2 Å². The van der Waals surface area contributed by atoms with E-state index in [0.717, 1.165) is 11.8 Å². The Balaban J connectivity index is 2.05. The Morgan fingerprint density at radius 3 is 2.75 bits per heavy atom. The van der Waals surface area contributed by atoms with Gasteiger partial charge in [0.05, 0.1) is 5.69 Å². The number of rotatable bonds is 2. The fourth-order valence-corrected chi connectivity index (χ4v) is 1.83. The van der Waals surface area contributed by atoms with Crippen LogP contribution in [0, 0.1) is 11.8 Å². The highest BCUT2D eigenvalue weighted by atomic mass is 15.4. The monoisotopic (exact) mass is 165 g/mol. The molecule has 0 aliphatic heterocycles. The van der Waals surface area contributed by atoms with Crippen LogP contribution < -0.4 is 0 Å². The van der Waals surface area contributed by atoms with Crippen molar-refractivity contribution in [1.29, 1.82) is 0 Å². The van der Waals surface area contributed by atoms with Gasteiger partial charge >= 0.3 is 0 Å². The molecule has 66 valence electrons. The fraction of sp³-hybridized carbons (Fsp3) is 0.778. The highest BCUT2D eigenvalue weighted by Crippen LogP contribution is 2.50. The predicted octanol–water partition coefficient (Wildman–Crippen LogP) is 1.57. The van der Waals surface area contributed by atoms with Crippen LogP contribution in [0.3, 0.4) is 0 Å². The molecule has 0 N–H and O–H groups in total. The van der Waals surface area contributed by atoms with Gasteiger partial charge < -0.3 is 0 Å². The largest absolute Gasteiger partial charge is 0.255 e. The molecule has 12 heavy (non-hydrogen) atoms. The Bertz CT molecular complexity index is 277. The average molecular weight is 165 g/mol. The summed E-state index contributed by atoms with van der Waals surface area (Å²) in [7, 11) is 1.92. The molecule has 3 nitrogen and oxygen atoms in total. The summed E-state index contributed by atoms with van der Waals surface area (Å²) in [5.74, 6) is 2.33. The summed E-state index contributed by atoms with van der Waals surface area (Å²) in [6.45, 7) is 4.56. The average Bonchev–Trinajstić information content (AvgIpc) is 2.70. The van der Waals surface area contributed by atoms with Crippen LogP contribution in [0.15, 0.2) is 6.20 Å². The van der Waals surface area contributed by atoms with E-state index in [0.29, 0.717) is 5.92 Å². The topological polar surface area (TPSA) is 30.7 Å². The van der Waals surface area contributed by atoms with Crippen molar-refractivity contribution in [1.82, 2.24) is 15.0 Å². The van der Waals surface area contributed by atoms with Crippen LogP contribution in [0.1, 0.15) is 31.9 Å². The van der Waals surface area contributed by atoms with Crippen molar-refractivity contribution in [3.8, 4) is 0 Å². The molecular weight excluding hydrogens is 150 g/mol. The van der Waals surface area contributed by atoms with Gasteiger partial charge in [-0.15, -0.1) is 5.10 Å². The normalized spacial score (nSPS) is 28.0. The molecule has 1 aromatic rings. The Kier molecular flexibility index (Phi) is 1.67. The lowest BCUT2D eigenvalue weighted by Crippen LogP contribution is -1.92. The molecule has 0 saturated heterocycles. The molecule has 3 heteroatoms. The molecule has 0 amide bonds. The molecule has 1 saturated carbocycles. The van der Waals surface area contributed by atoms with E-state index in [9.17, 15) is 0 Å². The molecule has 0 aromatic carbocycles. The summed E-state index contributed by atoms with van der Waals surface area (Å²) < 4.78 is 1.78. The maximum atomic E-state index is 4.12. The van der Waals surface area contributed by atoms with E-state index in [1.54, 1.807) is 4.68 Å². The van der Waals surface area contributed by atoms with Crippen LogP contribution in [-0.2, 0) is 7.05 Å². The van der Waals surface area contributed by atoms with Crippen molar-refractivity contribution >= 4 is 0 Å². The first-order valence-electron chi connectivity index (χ1n) is 4.54. The zero-order chi connectivity index (χ0) is 8.72. The fourth-order valence-electron chi connectivity index (χ4n) is 1.83. The third kappa shape index (κ3) is 1.24. The molecule has 1 heterocycles. The summed E-state index contributed by atoms with van der Waals surface area (Å²) in [4.78, 5) is 0. The van der Waals surface area contributed by atoms with Gasteiger partial charge in [0.2, 0.25) is 0 Å². The number of aromatic nitrogens is 3. The standard InChI is InChI=1S/C9H15N3/c1-6(2)7-4-8(7)9-5-12(3)11-10-9/h5-8H,4H2,1-3H3. The van der Waals surface area contributed by atoms with Gasteiger partial charge in [0.25, 0.3) is 0 Å². The van der Waals surface area contributed by atoms with Gasteiger partial charge in [0.1, 0.15) is 0 Å². The second-order valence-electron chi connectivity index (χ2n) is 4.07. The Labute approximate surface area is 72.8 Å². The Hall–Kier alpha value is -0.860. The predicted molar refractivity (Wildman–Crippen MR) is 46.7 cm³/mol. The molecule has 0 bridgehead atoms. The van der Waals surface area contributed by atoms with Crippen LogP contribution in [0.5, 0.6) is 0 Å². The molecule has 1 aliphatic carbocycles. The maximum Gasteiger partial charge on any atom is 0.0860 e. The zero-order valence-electron chi connectivity index (χ0n) is 7.86. The third-order valence-corrected chi connectivity index (χ3v) is 2.70. The summed E-state index contributed by atoms with van der Waals surface area (Å²) in [6, 6.07) is 0. The minimum Gasteiger partial charge on any atom is -0.255 e. The summed E-state index contributed by atoms with van der Waals surface area (Å²) >= 11 is 0. The van der Waals surface area contributed by atoms with E-state index in [4.69, 9.17) is 0 Å². The molecule has 2 rings (SSSR count). The second kappa shape index (κ2) is 2.57. The maximum absolute atomic E-state index is 4.12. The number of hydrogen-bond donors (Lipinski definition) is 0. The highest BCUT2D eigenvalue weighted by molar-refractivity contribution is 5.14. The van der Waals surface area contributed by atoms with E-state index in [1.807, 2.05) is 13.2 Å². The molecule has 1 aliphatic rings. The van der Waals surface area contributed by atoms with Crippen molar-refractivity contribution in [2.45, 2.75) is 26.2 Å². The first kappa shape index (κ1) is 7.77. The Morgan fingerprint density at radius 1 is 1.58 bits per heavy atom. The summed E-state index contributed by atoms with van der Waals surface area (Å²) in [5, 5.41) is 8.06.